The zero-order valence-corrected chi connectivity index (χ0v) is 16.0. The minimum Gasteiger partial charge on any atom is -0.0991 e. The maximum atomic E-state index is 4.25. The molecular weight excluding hydrogens is 328 g/mol. The van der Waals surface area contributed by atoms with Crippen molar-refractivity contribution in [3.8, 4) is 0 Å². The van der Waals surface area contributed by atoms with Crippen molar-refractivity contribution in [2.45, 2.75) is 6.92 Å². The van der Waals surface area contributed by atoms with Gasteiger partial charge in [0.2, 0.25) is 0 Å². The molecule has 0 radical (unpaired) electrons. The average Bonchev–Trinajstić information content (AvgIpc) is 3.00. The summed E-state index contributed by atoms with van der Waals surface area (Å²) in [5.74, 6) is 0. The molecule has 26 heavy (non-hydrogen) atoms. The number of benzene rings is 3. The fraction of sp³-hybridized carbons (Fsp3) is 0.0400. The molecule has 1 aliphatic heterocycles. The van der Waals surface area contributed by atoms with E-state index in [0.717, 1.165) is 0 Å². The third kappa shape index (κ3) is 2.28. The van der Waals surface area contributed by atoms with E-state index in [4.69, 9.17) is 0 Å². The Morgan fingerprint density at radius 3 is 1.81 bits per heavy atom. The van der Waals surface area contributed by atoms with Crippen LogP contribution >= 0.6 is 0 Å². The number of allylic oxidation sites excluding steroid dienone is 5. The van der Waals surface area contributed by atoms with Crippen molar-refractivity contribution in [3.63, 3.8) is 0 Å². The van der Waals surface area contributed by atoms with Gasteiger partial charge in [0.25, 0.3) is 0 Å². The fourth-order valence-electron chi connectivity index (χ4n) is 4.31. The molecule has 0 N–H and O–H groups in total. The van der Waals surface area contributed by atoms with Crippen molar-refractivity contribution >= 4 is 29.2 Å². The highest BCUT2D eigenvalue weighted by molar-refractivity contribution is 7.18. The van der Waals surface area contributed by atoms with Gasteiger partial charge in [-0.05, 0) is 38.8 Å². The summed E-state index contributed by atoms with van der Waals surface area (Å²) in [4.78, 5) is 0. The van der Waals surface area contributed by atoms with Crippen molar-refractivity contribution in [1.82, 2.24) is 0 Å². The van der Waals surface area contributed by atoms with Gasteiger partial charge in [-0.3, -0.25) is 0 Å². The van der Waals surface area contributed by atoms with Crippen LogP contribution in [-0.2, 0) is 0 Å². The maximum Gasteiger partial charge on any atom is 0.180 e. The van der Waals surface area contributed by atoms with Crippen LogP contribution in [0.4, 0.5) is 0 Å². The van der Waals surface area contributed by atoms with Gasteiger partial charge >= 0.3 is 0 Å². The van der Waals surface area contributed by atoms with E-state index in [1.807, 2.05) is 0 Å². The first-order valence-electron chi connectivity index (χ1n) is 9.04. The molecular formula is C25H22Si. The Morgan fingerprint density at radius 2 is 1.27 bits per heavy atom. The predicted octanol–water partition coefficient (Wildman–Crippen LogP) is 4.23. The summed E-state index contributed by atoms with van der Waals surface area (Å²) in [5.41, 5.74) is 2.66. The fourth-order valence-corrected chi connectivity index (χ4v) is 9.46. The number of hydrogen-bond donors (Lipinski definition) is 0. The molecule has 0 nitrogen and oxygen atoms in total. The Kier molecular flexibility index (Phi) is 4.32. The van der Waals surface area contributed by atoms with Crippen molar-refractivity contribution in [3.05, 3.63) is 120 Å². The van der Waals surface area contributed by atoms with Crippen LogP contribution in [0.25, 0.3) is 5.57 Å². The lowest BCUT2D eigenvalue weighted by atomic mass is 10.1. The lowest BCUT2D eigenvalue weighted by Gasteiger charge is -2.32. The van der Waals surface area contributed by atoms with E-state index >= 15 is 0 Å². The molecule has 0 amide bonds. The van der Waals surface area contributed by atoms with Crippen molar-refractivity contribution in [2.75, 3.05) is 0 Å². The third-order valence-corrected chi connectivity index (χ3v) is 10.2. The van der Waals surface area contributed by atoms with Gasteiger partial charge in [0.1, 0.15) is 0 Å². The van der Waals surface area contributed by atoms with E-state index in [2.05, 4.69) is 117 Å². The normalized spacial score (nSPS) is 15.3. The second-order valence-corrected chi connectivity index (χ2v) is 10.3. The van der Waals surface area contributed by atoms with Gasteiger partial charge in [0, 0.05) is 0 Å². The van der Waals surface area contributed by atoms with E-state index < -0.39 is 8.07 Å². The van der Waals surface area contributed by atoms with Crippen molar-refractivity contribution in [1.29, 1.82) is 0 Å². The molecule has 126 valence electrons. The molecule has 1 heterocycles. The molecule has 0 spiro atoms. The number of rotatable bonds is 4. The largest absolute Gasteiger partial charge is 0.180 e. The standard InChI is InChI=1S/C25H22Si/c1-3-13-22-23-18-11-12-19-25(23)26(24(22)4-2,20-14-7-5-8-15-20)21-16-9-6-10-17-21/h3-19H,2H2,1H3/b13-3-. The van der Waals surface area contributed by atoms with Crippen LogP contribution in [0.1, 0.15) is 12.5 Å². The SMILES string of the molecule is C=CC1=C(/C=C\C)c2ccccc2[Si]1(c1ccccc1)c1ccccc1. The Labute approximate surface area is 156 Å². The average molecular weight is 351 g/mol. The quantitative estimate of drug-likeness (QED) is 0.618. The van der Waals surface area contributed by atoms with Gasteiger partial charge in [-0.2, -0.15) is 0 Å². The zero-order valence-electron chi connectivity index (χ0n) is 15.0. The summed E-state index contributed by atoms with van der Waals surface area (Å²) in [7, 11) is -2.32. The molecule has 3 aromatic rings. The summed E-state index contributed by atoms with van der Waals surface area (Å²) < 4.78 is 0. The molecule has 0 aromatic heterocycles. The lowest BCUT2D eigenvalue weighted by molar-refractivity contribution is 1.66. The van der Waals surface area contributed by atoms with E-state index in [1.165, 1.54) is 31.9 Å². The topological polar surface area (TPSA) is 0 Å². The zero-order chi connectivity index (χ0) is 18.0. The minimum atomic E-state index is -2.32. The van der Waals surface area contributed by atoms with E-state index in [1.54, 1.807) is 0 Å². The van der Waals surface area contributed by atoms with Crippen LogP contribution < -0.4 is 15.6 Å². The first-order chi connectivity index (χ1) is 12.8. The number of hydrogen-bond acceptors (Lipinski definition) is 0. The van der Waals surface area contributed by atoms with Gasteiger partial charge in [-0.1, -0.05) is 110 Å². The summed E-state index contributed by atoms with van der Waals surface area (Å²) in [6.45, 7) is 6.33. The Balaban J connectivity index is 2.19. The second kappa shape index (κ2) is 6.78. The third-order valence-electron chi connectivity index (χ3n) is 5.27. The number of fused-ring (bicyclic) bond motifs is 1. The molecule has 0 bridgehead atoms. The molecule has 3 aromatic carbocycles. The van der Waals surface area contributed by atoms with Gasteiger partial charge in [0.05, 0.1) is 0 Å². The molecule has 0 aliphatic carbocycles. The van der Waals surface area contributed by atoms with Gasteiger partial charge in [-0.15, -0.1) is 0 Å². The van der Waals surface area contributed by atoms with E-state index in [-0.39, 0.29) is 0 Å². The van der Waals surface area contributed by atoms with Crippen LogP contribution in [0, 0.1) is 0 Å². The molecule has 1 aliphatic rings. The highest BCUT2D eigenvalue weighted by atomic mass is 28.3. The first-order valence-corrected chi connectivity index (χ1v) is 11.0. The van der Waals surface area contributed by atoms with E-state index in [9.17, 15) is 0 Å². The predicted molar refractivity (Wildman–Crippen MR) is 116 cm³/mol. The van der Waals surface area contributed by atoms with Gasteiger partial charge in [-0.25, -0.2) is 0 Å². The summed E-state index contributed by atoms with van der Waals surface area (Å²) in [6.07, 6.45) is 6.48. The van der Waals surface area contributed by atoms with Crippen molar-refractivity contribution in [2.24, 2.45) is 0 Å². The van der Waals surface area contributed by atoms with Crippen LogP contribution in [0.15, 0.2) is 115 Å². The van der Waals surface area contributed by atoms with Crippen LogP contribution in [-0.4, -0.2) is 8.07 Å². The summed E-state index contributed by atoms with van der Waals surface area (Å²) >= 11 is 0. The first kappa shape index (κ1) is 16.6. The minimum absolute atomic E-state index is 1.32. The van der Waals surface area contributed by atoms with E-state index in [0.29, 0.717) is 0 Å². The monoisotopic (exact) mass is 350 g/mol. The Bertz CT molecular complexity index is 955. The summed E-state index contributed by atoms with van der Waals surface area (Å²) in [6, 6.07) is 30.9. The van der Waals surface area contributed by atoms with Gasteiger partial charge in [0.15, 0.2) is 8.07 Å². The molecule has 4 rings (SSSR count). The van der Waals surface area contributed by atoms with Crippen LogP contribution in [0.3, 0.4) is 0 Å². The molecule has 0 saturated heterocycles. The lowest BCUT2D eigenvalue weighted by Crippen LogP contribution is -2.67. The molecule has 0 saturated carbocycles. The van der Waals surface area contributed by atoms with Crippen LogP contribution in [0.2, 0.25) is 0 Å². The van der Waals surface area contributed by atoms with Crippen molar-refractivity contribution < 1.29 is 0 Å². The Hall–Kier alpha value is -2.90. The molecule has 0 atom stereocenters. The molecule has 0 unspecified atom stereocenters. The molecule has 0 fully saturated rings. The highest BCUT2D eigenvalue weighted by Gasteiger charge is 2.48. The smallest absolute Gasteiger partial charge is 0.0991 e. The maximum absolute atomic E-state index is 4.25. The Morgan fingerprint density at radius 1 is 0.731 bits per heavy atom. The van der Waals surface area contributed by atoms with Crippen LogP contribution in [0.5, 0.6) is 0 Å². The van der Waals surface area contributed by atoms with Gasteiger partial charge < -0.3 is 0 Å². The highest BCUT2D eigenvalue weighted by Crippen LogP contribution is 2.35. The summed E-state index contributed by atoms with van der Waals surface area (Å²) in [5, 5.41) is 5.66. The second-order valence-electron chi connectivity index (χ2n) is 6.56. The molecule has 1 heteroatoms.